The summed E-state index contributed by atoms with van der Waals surface area (Å²) < 4.78 is 10.9. The monoisotopic (exact) mass is 434 g/mol. The van der Waals surface area contributed by atoms with Crippen molar-refractivity contribution in [3.05, 3.63) is 52.8 Å². The Hall–Kier alpha value is -3.33. The van der Waals surface area contributed by atoms with Gasteiger partial charge in [-0.25, -0.2) is 0 Å². The second-order valence-electron chi connectivity index (χ2n) is 6.11. The van der Waals surface area contributed by atoms with E-state index < -0.39 is 17.7 Å². The average Bonchev–Trinajstić information content (AvgIpc) is 2.76. The number of benzene rings is 1. The molecule has 0 saturated carbocycles. The molecule has 0 aliphatic carbocycles. The van der Waals surface area contributed by atoms with Gasteiger partial charge in [-0.2, -0.15) is 0 Å². The van der Waals surface area contributed by atoms with Crippen LogP contribution in [-0.2, 0) is 4.79 Å². The van der Waals surface area contributed by atoms with Crippen molar-refractivity contribution in [3.63, 3.8) is 0 Å². The second-order valence-corrected chi connectivity index (χ2v) is 6.55. The summed E-state index contributed by atoms with van der Waals surface area (Å²) in [6.07, 6.45) is 3.28. The number of amides is 3. The van der Waals surface area contributed by atoms with E-state index in [9.17, 15) is 14.4 Å². The summed E-state index contributed by atoms with van der Waals surface area (Å²) in [5.74, 6) is -0.799. The number of aromatic nitrogens is 1. The number of unbranched alkanes of at least 4 members (excludes halogenated alkanes) is 1. The average molecular weight is 435 g/mol. The number of pyridine rings is 1. The van der Waals surface area contributed by atoms with Gasteiger partial charge in [-0.05, 0) is 36.8 Å². The van der Waals surface area contributed by atoms with Crippen molar-refractivity contribution in [1.82, 2.24) is 21.2 Å². The van der Waals surface area contributed by atoms with Crippen LogP contribution >= 0.6 is 11.6 Å². The molecular weight excluding hydrogens is 412 g/mol. The van der Waals surface area contributed by atoms with Crippen molar-refractivity contribution in [1.29, 1.82) is 0 Å². The molecule has 30 heavy (non-hydrogen) atoms. The van der Waals surface area contributed by atoms with Crippen molar-refractivity contribution >= 4 is 29.3 Å². The number of carbonyl (C=O) groups excluding carboxylic acids is 3. The number of rotatable bonds is 9. The first kappa shape index (κ1) is 23.0. The molecule has 0 unspecified atom stereocenters. The van der Waals surface area contributed by atoms with Crippen LogP contribution in [0, 0.1) is 0 Å². The molecule has 3 amide bonds. The second kappa shape index (κ2) is 11.6. The molecular formula is C20H23ClN4O5. The summed E-state index contributed by atoms with van der Waals surface area (Å²) in [5.41, 5.74) is 4.84. The standard InChI is InChI=1S/C20H23ClN4O5/c1-3-4-9-30-16-6-5-13(10-17(16)29-2)19(27)25-24-18(26)12-23-20(28)15-11-14(21)7-8-22-15/h5-8,10-11H,3-4,9,12H2,1-2H3,(H,23,28)(H,24,26)(H,25,27). The van der Waals surface area contributed by atoms with Gasteiger partial charge in [0.25, 0.3) is 17.7 Å². The fourth-order valence-corrected chi connectivity index (χ4v) is 2.44. The van der Waals surface area contributed by atoms with Gasteiger partial charge in [0, 0.05) is 16.8 Å². The maximum Gasteiger partial charge on any atom is 0.270 e. The number of hydrazine groups is 1. The largest absolute Gasteiger partial charge is 0.493 e. The van der Waals surface area contributed by atoms with E-state index in [4.69, 9.17) is 21.1 Å². The lowest BCUT2D eigenvalue weighted by atomic mass is 10.2. The Labute approximate surface area is 179 Å². The maximum atomic E-state index is 12.3. The van der Waals surface area contributed by atoms with E-state index in [1.54, 1.807) is 12.1 Å². The van der Waals surface area contributed by atoms with Crippen LogP contribution in [0.25, 0.3) is 0 Å². The van der Waals surface area contributed by atoms with Gasteiger partial charge in [-0.15, -0.1) is 0 Å². The first-order valence-electron chi connectivity index (χ1n) is 9.24. The molecule has 0 aliphatic heterocycles. The molecule has 0 aliphatic rings. The molecule has 1 aromatic carbocycles. The van der Waals surface area contributed by atoms with Crippen LogP contribution < -0.4 is 25.6 Å². The molecule has 0 bridgehead atoms. The summed E-state index contributed by atoms with van der Waals surface area (Å²) in [4.78, 5) is 39.9. The third kappa shape index (κ3) is 6.93. The van der Waals surface area contributed by atoms with E-state index in [0.717, 1.165) is 12.8 Å². The molecule has 10 heteroatoms. The topological polar surface area (TPSA) is 119 Å². The highest BCUT2D eigenvalue weighted by molar-refractivity contribution is 6.30. The molecule has 0 spiro atoms. The van der Waals surface area contributed by atoms with Crippen LogP contribution in [-0.4, -0.2) is 43.0 Å². The highest BCUT2D eigenvalue weighted by Crippen LogP contribution is 2.28. The minimum atomic E-state index is -0.620. The van der Waals surface area contributed by atoms with Crippen LogP contribution in [0.4, 0.5) is 0 Å². The molecule has 2 aromatic rings. The number of methoxy groups -OCH3 is 1. The van der Waals surface area contributed by atoms with Crippen molar-refractivity contribution < 1.29 is 23.9 Å². The Kier molecular flexibility index (Phi) is 8.89. The van der Waals surface area contributed by atoms with Crippen LogP contribution in [0.2, 0.25) is 5.02 Å². The zero-order valence-corrected chi connectivity index (χ0v) is 17.4. The molecule has 0 radical (unpaired) electrons. The molecule has 3 N–H and O–H groups in total. The zero-order chi connectivity index (χ0) is 21.9. The van der Waals surface area contributed by atoms with Gasteiger partial charge in [0.1, 0.15) is 5.69 Å². The summed E-state index contributed by atoms with van der Waals surface area (Å²) >= 11 is 5.79. The van der Waals surface area contributed by atoms with E-state index in [1.165, 1.54) is 31.5 Å². The van der Waals surface area contributed by atoms with Crippen LogP contribution in [0.3, 0.4) is 0 Å². The number of halogens is 1. The van der Waals surface area contributed by atoms with Gasteiger partial charge in [0.05, 0.1) is 20.3 Å². The van der Waals surface area contributed by atoms with E-state index in [1.807, 2.05) is 0 Å². The van der Waals surface area contributed by atoms with Crippen molar-refractivity contribution in [3.8, 4) is 11.5 Å². The molecule has 0 atom stereocenters. The SMILES string of the molecule is CCCCOc1ccc(C(=O)NNC(=O)CNC(=O)c2cc(Cl)ccn2)cc1OC. The van der Waals surface area contributed by atoms with Crippen LogP contribution in [0.5, 0.6) is 11.5 Å². The van der Waals surface area contributed by atoms with Gasteiger partial charge >= 0.3 is 0 Å². The Morgan fingerprint density at radius 3 is 2.57 bits per heavy atom. The lowest BCUT2D eigenvalue weighted by molar-refractivity contribution is -0.120. The Morgan fingerprint density at radius 2 is 1.87 bits per heavy atom. The summed E-state index contributed by atoms with van der Waals surface area (Å²) in [6, 6.07) is 7.59. The summed E-state index contributed by atoms with van der Waals surface area (Å²) in [7, 11) is 1.48. The van der Waals surface area contributed by atoms with E-state index in [2.05, 4.69) is 28.1 Å². The smallest absolute Gasteiger partial charge is 0.270 e. The van der Waals surface area contributed by atoms with Crippen LogP contribution in [0.15, 0.2) is 36.5 Å². The van der Waals surface area contributed by atoms with Crippen LogP contribution in [0.1, 0.15) is 40.6 Å². The Balaban J connectivity index is 1.84. The predicted octanol–water partition coefficient (Wildman–Crippen LogP) is 2.11. The quantitative estimate of drug-likeness (QED) is 0.411. The maximum absolute atomic E-state index is 12.3. The lowest BCUT2D eigenvalue weighted by Crippen LogP contribution is -2.46. The van der Waals surface area contributed by atoms with Crippen molar-refractivity contribution in [2.45, 2.75) is 19.8 Å². The fourth-order valence-electron chi connectivity index (χ4n) is 2.28. The minimum absolute atomic E-state index is 0.0766. The van der Waals surface area contributed by atoms with Gasteiger partial charge in [-0.1, -0.05) is 24.9 Å². The van der Waals surface area contributed by atoms with Gasteiger partial charge in [0.2, 0.25) is 0 Å². The number of carbonyl (C=O) groups is 3. The molecule has 9 nitrogen and oxygen atoms in total. The third-order valence-corrected chi connectivity index (χ3v) is 4.10. The Bertz CT molecular complexity index is 907. The predicted molar refractivity (Wildman–Crippen MR) is 111 cm³/mol. The van der Waals surface area contributed by atoms with E-state index in [0.29, 0.717) is 23.1 Å². The molecule has 1 heterocycles. The fraction of sp³-hybridized carbons (Fsp3) is 0.300. The number of ether oxygens (including phenoxy) is 2. The molecule has 0 fully saturated rings. The van der Waals surface area contributed by atoms with Crippen molar-refractivity contribution in [2.75, 3.05) is 20.3 Å². The first-order valence-corrected chi connectivity index (χ1v) is 9.62. The minimum Gasteiger partial charge on any atom is -0.493 e. The number of hydrogen-bond donors (Lipinski definition) is 3. The molecule has 1 aromatic heterocycles. The number of hydrogen-bond acceptors (Lipinski definition) is 6. The highest BCUT2D eigenvalue weighted by Gasteiger charge is 2.13. The van der Waals surface area contributed by atoms with E-state index in [-0.39, 0.29) is 17.8 Å². The first-order chi connectivity index (χ1) is 14.4. The summed E-state index contributed by atoms with van der Waals surface area (Å²) in [5, 5.41) is 2.73. The normalized spacial score (nSPS) is 10.1. The number of nitrogens with one attached hydrogen (secondary N) is 3. The Morgan fingerprint density at radius 1 is 1.07 bits per heavy atom. The lowest BCUT2D eigenvalue weighted by Gasteiger charge is -2.12. The molecule has 2 rings (SSSR count). The van der Waals surface area contributed by atoms with E-state index >= 15 is 0 Å². The van der Waals surface area contributed by atoms with Crippen molar-refractivity contribution in [2.24, 2.45) is 0 Å². The van der Waals surface area contributed by atoms with Gasteiger partial charge < -0.3 is 14.8 Å². The highest BCUT2D eigenvalue weighted by atomic mass is 35.5. The third-order valence-electron chi connectivity index (χ3n) is 3.86. The number of nitrogens with zero attached hydrogens (tertiary/aromatic N) is 1. The summed E-state index contributed by atoms with van der Waals surface area (Å²) in [6.45, 7) is 2.24. The zero-order valence-electron chi connectivity index (χ0n) is 16.7. The van der Waals surface area contributed by atoms with Gasteiger partial charge in [-0.3, -0.25) is 30.2 Å². The molecule has 160 valence electrons. The molecule has 0 saturated heterocycles. The van der Waals surface area contributed by atoms with Gasteiger partial charge in [0.15, 0.2) is 11.5 Å².